The zero-order valence-electron chi connectivity index (χ0n) is 15.5. The number of aliphatic imine (C=N–C) groups is 1. The number of hydrogen-bond donors (Lipinski definition) is 1. The molecule has 0 saturated heterocycles. The molecule has 9 heteroatoms. The van der Waals surface area contributed by atoms with Crippen LogP contribution in [0.25, 0.3) is 17.0 Å². The molecule has 3 heterocycles. The Morgan fingerprint density at radius 1 is 1.34 bits per heavy atom. The number of nitrogens with zero attached hydrogens (tertiary/aromatic N) is 2. The molecule has 0 radical (unpaired) electrons. The molecule has 1 N–H and O–H groups in total. The van der Waals surface area contributed by atoms with Crippen molar-refractivity contribution >= 4 is 51.7 Å². The van der Waals surface area contributed by atoms with E-state index >= 15 is 0 Å². The Morgan fingerprint density at radius 3 is 2.86 bits per heavy atom. The fourth-order valence-electron chi connectivity index (χ4n) is 3.02. The molecular weight excluding hydrogens is 394 g/mol. The molecule has 1 aromatic carbocycles. The van der Waals surface area contributed by atoms with E-state index in [-0.39, 0.29) is 39.1 Å². The number of fused-ring (bicyclic) bond motifs is 2. The number of thioether (sulfide) groups is 1. The molecule has 0 fully saturated rings. The maximum absolute atomic E-state index is 12.7. The van der Waals surface area contributed by atoms with Gasteiger partial charge in [0.25, 0.3) is 5.91 Å². The second kappa shape index (κ2) is 7.17. The highest BCUT2D eigenvalue weighted by atomic mass is 32.2. The molecule has 0 bridgehead atoms. The van der Waals surface area contributed by atoms with Crippen molar-refractivity contribution < 1.29 is 18.7 Å². The van der Waals surface area contributed by atoms with E-state index in [1.807, 2.05) is 0 Å². The number of carbonyl (C=O) groups is 2. The number of allylic oxidation sites excluding steroid dienone is 1. The van der Waals surface area contributed by atoms with Crippen LogP contribution in [0.4, 0.5) is 0 Å². The molecule has 2 aliphatic rings. The van der Waals surface area contributed by atoms with Gasteiger partial charge in [-0.05, 0) is 43.8 Å². The van der Waals surface area contributed by atoms with Crippen LogP contribution < -0.4 is 5.43 Å². The molecule has 2 aliphatic heterocycles. The van der Waals surface area contributed by atoms with Gasteiger partial charge < -0.3 is 9.15 Å². The lowest BCUT2D eigenvalue weighted by Crippen LogP contribution is -2.38. The van der Waals surface area contributed by atoms with E-state index in [2.05, 4.69) is 4.99 Å². The van der Waals surface area contributed by atoms with E-state index in [0.29, 0.717) is 16.7 Å². The van der Waals surface area contributed by atoms with E-state index in [9.17, 15) is 14.4 Å². The first-order chi connectivity index (χ1) is 13.9. The van der Waals surface area contributed by atoms with Crippen LogP contribution in [0.1, 0.15) is 19.4 Å². The molecule has 2 aromatic rings. The van der Waals surface area contributed by atoms with Crippen molar-refractivity contribution in [3.8, 4) is 0 Å². The molecule has 0 unspecified atom stereocenters. The Morgan fingerprint density at radius 2 is 2.10 bits per heavy atom. The number of ether oxygens (including phenoxy) is 1. The van der Waals surface area contributed by atoms with Crippen molar-refractivity contribution in [2.75, 3.05) is 6.61 Å². The first-order valence-corrected chi connectivity index (χ1v) is 9.54. The zero-order chi connectivity index (χ0) is 20.7. The molecule has 4 rings (SSSR count). The van der Waals surface area contributed by atoms with Gasteiger partial charge in [-0.25, -0.2) is 4.79 Å². The summed E-state index contributed by atoms with van der Waals surface area (Å²) in [6.45, 7) is 3.55. The summed E-state index contributed by atoms with van der Waals surface area (Å²) in [6, 6.07) is 6.77. The van der Waals surface area contributed by atoms with Gasteiger partial charge in [0.05, 0.1) is 23.1 Å². The van der Waals surface area contributed by atoms with Crippen molar-refractivity contribution in [1.29, 1.82) is 5.41 Å². The summed E-state index contributed by atoms with van der Waals surface area (Å²) < 4.78 is 10.5. The number of carbonyl (C=O) groups excluding carboxylic acids is 2. The minimum absolute atomic E-state index is 0.0682. The van der Waals surface area contributed by atoms with Gasteiger partial charge in [0.1, 0.15) is 22.6 Å². The molecule has 0 spiro atoms. The second-order valence-electron chi connectivity index (χ2n) is 6.19. The highest BCUT2D eigenvalue weighted by molar-refractivity contribution is 8.18. The summed E-state index contributed by atoms with van der Waals surface area (Å²) in [5, 5.41) is 9.06. The van der Waals surface area contributed by atoms with Crippen LogP contribution in [-0.2, 0) is 14.3 Å². The van der Waals surface area contributed by atoms with Crippen LogP contribution in [0.15, 0.2) is 60.9 Å². The number of rotatable bonds is 3. The Balaban J connectivity index is 1.77. The van der Waals surface area contributed by atoms with Gasteiger partial charge in [-0.15, -0.1) is 0 Å². The van der Waals surface area contributed by atoms with Crippen molar-refractivity contribution in [2.45, 2.75) is 13.8 Å². The molecule has 29 heavy (non-hydrogen) atoms. The molecule has 0 saturated carbocycles. The predicted molar refractivity (Wildman–Crippen MR) is 109 cm³/mol. The second-order valence-corrected chi connectivity index (χ2v) is 7.17. The van der Waals surface area contributed by atoms with Crippen molar-refractivity contribution in [3.63, 3.8) is 0 Å². The number of amidine groups is 2. The lowest BCUT2D eigenvalue weighted by molar-refractivity contribution is -0.137. The first-order valence-electron chi connectivity index (χ1n) is 8.72. The topological polar surface area (TPSA) is 113 Å². The molecule has 0 atom stereocenters. The normalized spacial score (nSPS) is 17.8. The zero-order valence-corrected chi connectivity index (χ0v) is 16.3. The SMILES string of the molecule is CCOC(=O)C1=C(C)N2C(=N)C(=Cc3coc4ccccc4c3=O)C(=O)N=C2S1. The first kappa shape index (κ1) is 18.9. The van der Waals surface area contributed by atoms with Crippen molar-refractivity contribution in [3.05, 3.63) is 62.5 Å². The van der Waals surface area contributed by atoms with Gasteiger partial charge >= 0.3 is 5.97 Å². The van der Waals surface area contributed by atoms with E-state index < -0.39 is 11.9 Å². The Kier molecular flexibility index (Phi) is 4.67. The van der Waals surface area contributed by atoms with Crippen LogP contribution >= 0.6 is 11.8 Å². The predicted octanol–water partition coefficient (Wildman–Crippen LogP) is 2.89. The summed E-state index contributed by atoms with van der Waals surface area (Å²) in [5.41, 5.74) is 0.626. The molecule has 146 valence electrons. The van der Waals surface area contributed by atoms with Crippen LogP contribution in [-0.4, -0.2) is 34.4 Å². The highest BCUT2D eigenvalue weighted by Gasteiger charge is 2.40. The Bertz CT molecular complexity index is 1240. The van der Waals surface area contributed by atoms with Crippen molar-refractivity contribution in [1.82, 2.24) is 4.90 Å². The monoisotopic (exact) mass is 409 g/mol. The third kappa shape index (κ3) is 3.09. The quantitative estimate of drug-likeness (QED) is 0.612. The molecule has 1 amide bonds. The van der Waals surface area contributed by atoms with Gasteiger partial charge in [0.2, 0.25) is 0 Å². The number of hydrogen-bond acceptors (Lipinski definition) is 7. The minimum Gasteiger partial charge on any atom is -0.463 e. The number of amides is 1. The van der Waals surface area contributed by atoms with Gasteiger partial charge in [0.15, 0.2) is 10.6 Å². The maximum Gasteiger partial charge on any atom is 0.346 e. The van der Waals surface area contributed by atoms with Crippen molar-refractivity contribution in [2.24, 2.45) is 4.99 Å². The van der Waals surface area contributed by atoms with Gasteiger partial charge in [-0.3, -0.25) is 19.9 Å². The maximum atomic E-state index is 12.7. The average Bonchev–Trinajstić information content (AvgIpc) is 3.03. The van der Waals surface area contributed by atoms with E-state index in [4.69, 9.17) is 14.6 Å². The summed E-state index contributed by atoms with van der Waals surface area (Å²) in [5.74, 6) is -1.37. The Labute approximate surface area is 169 Å². The third-order valence-electron chi connectivity index (χ3n) is 4.42. The average molecular weight is 409 g/mol. The van der Waals surface area contributed by atoms with E-state index in [0.717, 1.165) is 11.8 Å². The van der Waals surface area contributed by atoms with Gasteiger partial charge in [-0.1, -0.05) is 12.1 Å². The Hall–Kier alpha value is -3.46. The lowest BCUT2D eigenvalue weighted by atomic mass is 10.1. The van der Waals surface area contributed by atoms with Crippen LogP contribution in [0.2, 0.25) is 0 Å². The summed E-state index contributed by atoms with van der Waals surface area (Å²) >= 11 is 0.983. The number of benzene rings is 1. The minimum atomic E-state index is -0.667. The standard InChI is InChI=1S/C20H15N3O5S/c1-3-27-19(26)16-10(2)23-17(21)13(18(25)22-20(23)29-16)8-11-9-28-14-7-5-4-6-12(14)15(11)24/h4-9,21H,3H2,1-2H3. The summed E-state index contributed by atoms with van der Waals surface area (Å²) in [7, 11) is 0. The molecular formula is C20H15N3O5S. The molecule has 8 nitrogen and oxygen atoms in total. The summed E-state index contributed by atoms with van der Waals surface area (Å²) in [4.78, 5) is 43.0. The highest BCUT2D eigenvalue weighted by Crippen LogP contribution is 2.38. The molecule has 1 aromatic heterocycles. The van der Waals surface area contributed by atoms with Gasteiger partial charge in [-0.2, -0.15) is 4.99 Å². The lowest BCUT2D eigenvalue weighted by Gasteiger charge is -2.25. The van der Waals surface area contributed by atoms with Crippen LogP contribution in [0.5, 0.6) is 0 Å². The fraction of sp³-hybridized carbons (Fsp3) is 0.150. The van der Waals surface area contributed by atoms with E-state index in [1.165, 1.54) is 17.2 Å². The fourth-order valence-corrected chi connectivity index (χ4v) is 4.04. The number of esters is 1. The number of para-hydroxylation sites is 1. The largest absolute Gasteiger partial charge is 0.463 e. The molecule has 0 aliphatic carbocycles. The van der Waals surface area contributed by atoms with Gasteiger partial charge in [0, 0.05) is 5.70 Å². The van der Waals surface area contributed by atoms with E-state index in [1.54, 1.807) is 38.1 Å². The van der Waals surface area contributed by atoms with Crippen LogP contribution in [0, 0.1) is 5.41 Å². The number of nitrogens with one attached hydrogen (secondary N) is 1. The summed E-state index contributed by atoms with van der Waals surface area (Å²) in [6.07, 6.45) is 2.55. The third-order valence-corrected chi connectivity index (χ3v) is 5.55. The smallest absolute Gasteiger partial charge is 0.346 e. The van der Waals surface area contributed by atoms with Crippen LogP contribution in [0.3, 0.4) is 0 Å².